The lowest BCUT2D eigenvalue weighted by molar-refractivity contribution is 0.430. The Balaban J connectivity index is 0.000000845. The van der Waals surface area contributed by atoms with Crippen molar-refractivity contribution in [1.82, 2.24) is 20.4 Å². The molecule has 0 bridgehead atoms. The van der Waals surface area contributed by atoms with Crippen molar-refractivity contribution in [3.8, 4) is 0 Å². The van der Waals surface area contributed by atoms with E-state index < -0.39 is 0 Å². The van der Waals surface area contributed by atoms with Gasteiger partial charge in [-0.3, -0.25) is 4.68 Å². The largest absolute Gasteiger partial charge is 0.314 e. The van der Waals surface area contributed by atoms with Crippen LogP contribution in [0.1, 0.15) is 11.6 Å². The molecular formula is C8H16Cl2N4. The van der Waals surface area contributed by atoms with E-state index >= 15 is 0 Å². The number of piperazine rings is 1. The van der Waals surface area contributed by atoms with Gasteiger partial charge in [0.05, 0.1) is 6.20 Å². The number of hydrogen-bond donors (Lipinski definition) is 2. The van der Waals surface area contributed by atoms with Gasteiger partial charge in [-0.05, 0) is 0 Å². The summed E-state index contributed by atoms with van der Waals surface area (Å²) in [4.78, 5) is 0. The van der Waals surface area contributed by atoms with E-state index in [-0.39, 0.29) is 24.8 Å². The van der Waals surface area contributed by atoms with Crippen molar-refractivity contribution in [2.45, 2.75) is 6.04 Å². The summed E-state index contributed by atoms with van der Waals surface area (Å²) in [5.74, 6) is 0. The molecular weight excluding hydrogens is 223 g/mol. The Labute approximate surface area is 96.3 Å². The molecule has 0 aromatic carbocycles. The Morgan fingerprint density at radius 1 is 1.43 bits per heavy atom. The fraction of sp³-hybridized carbons (Fsp3) is 0.625. The van der Waals surface area contributed by atoms with Gasteiger partial charge in [-0.15, -0.1) is 24.8 Å². The normalized spacial score (nSPS) is 20.8. The van der Waals surface area contributed by atoms with Crippen LogP contribution >= 0.6 is 24.8 Å². The number of hydrogen-bond acceptors (Lipinski definition) is 3. The van der Waals surface area contributed by atoms with Crippen LogP contribution in [0.4, 0.5) is 0 Å². The Bertz CT molecular complexity index is 258. The molecule has 82 valence electrons. The average molecular weight is 239 g/mol. The zero-order valence-electron chi connectivity index (χ0n) is 8.06. The highest BCUT2D eigenvalue weighted by molar-refractivity contribution is 5.85. The first-order valence-corrected chi connectivity index (χ1v) is 4.29. The summed E-state index contributed by atoms with van der Waals surface area (Å²) < 4.78 is 1.84. The minimum absolute atomic E-state index is 0. The molecule has 2 N–H and O–H groups in total. The summed E-state index contributed by atoms with van der Waals surface area (Å²) in [7, 11) is 1.94. The van der Waals surface area contributed by atoms with Crippen LogP contribution in [0.15, 0.2) is 12.4 Å². The minimum Gasteiger partial charge on any atom is -0.314 e. The summed E-state index contributed by atoms with van der Waals surface area (Å²) in [6, 6.07) is 0.437. The lowest BCUT2D eigenvalue weighted by Crippen LogP contribution is -2.42. The monoisotopic (exact) mass is 238 g/mol. The summed E-state index contributed by atoms with van der Waals surface area (Å²) in [5.41, 5.74) is 1.27. The molecule has 0 radical (unpaired) electrons. The van der Waals surface area contributed by atoms with E-state index in [4.69, 9.17) is 0 Å². The highest BCUT2D eigenvalue weighted by Gasteiger charge is 2.14. The second kappa shape index (κ2) is 6.24. The number of aryl methyl sites for hydroxylation is 1. The van der Waals surface area contributed by atoms with Gasteiger partial charge >= 0.3 is 0 Å². The van der Waals surface area contributed by atoms with Crippen molar-refractivity contribution in [2.24, 2.45) is 7.05 Å². The summed E-state index contributed by atoms with van der Waals surface area (Å²) in [5, 5.41) is 10.9. The van der Waals surface area contributed by atoms with E-state index in [0.29, 0.717) is 6.04 Å². The minimum atomic E-state index is 0. The lowest BCUT2D eigenvalue weighted by Gasteiger charge is -2.23. The molecule has 0 amide bonds. The van der Waals surface area contributed by atoms with Gasteiger partial charge in [-0.2, -0.15) is 5.10 Å². The predicted molar refractivity (Wildman–Crippen MR) is 61.3 cm³/mol. The SMILES string of the molecule is Cl.Cl.Cn1cc(C2CNCCN2)cn1. The molecule has 1 unspecified atom stereocenters. The van der Waals surface area contributed by atoms with Crippen LogP contribution in [0, 0.1) is 0 Å². The molecule has 1 fully saturated rings. The van der Waals surface area contributed by atoms with Gasteiger partial charge in [0.2, 0.25) is 0 Å². The van der Waals surface area contributed by atoms with E-state index in [1.807, 2.05) is 17.9 Å². The first-order valence-electron chi connectivity index (χ1n) is 4.29. The number of aromatic nitrogens is 2. The van der Waals surface area contributed by atoms with E-state index in [1.54, 1.807) is 0 Å². The van der Waals surface area contributed by atoms with Gasteiger partial charge in [0.15, 0.2) is 0 Å². The Morgan fingerprint density at radius 3 is 2.71 bits per heavy atom. The van der Waals surface area contributed by atoms with Crippen LogP contribution < -0.4 is 10.6 Å². The quantitative estimate of drug-likeness (QED) is 0.749. The maximum Gasteiger partial charge on any atom is 0.0538 e. The van der Waals surface area contributed by atoms with E-state index in [1.165, 1.54) is 5.56 Å². The molecule has 2 rings (SSSR count). The number of nitrogens with one attached hydrogen (secondary N) is 2. The van der Waals surface area contributed by atoms with Crippen LogP contribution in [0.3, 0.4) is 0 Å². The van der Waals surface area contributed by atoms with Crippen molar-refractivity contribution >= 4 is 24.8 Å². The Kier molecular flexibility index (Phi) is 6.11. The van der Waals surface area contributed by atoms with Crippen LogP contribution in [0.5, 0.6) is 0 Å². The van der Waals surface area contributed by atoms with Crippen LogP contribution in [0.2, 0.25) is 0 Å². The molecule has 6 heteroatoms. The van der Waals surface area contributed by atoms with Gasteiger partial charge < -0.3 is 10.6 Å². The van der Waals surface area contributed by atoms with Gasteiger partial charge in [0.25, 0.3) is 0 Å². The maximum atomic E-state index is 4.14. The molecule has 1 saturated heterocycles. The summed E-state index contributed by atoms with van der Waals surface area (Å²) >= 11 is 0. The maximum absolute atomic E-state index is 4.14. The highest BCUT2D eigenvalue weighted by Crippen LogP contribution is 2.11. The highest BCUT2D eigenvalue weighted by atomic mass is 35.5. The van der Waals surface area contributed by atoms with Crippen LogP contribution in [-0.4, -0.2) is 29.4 Å². The molecule has 0 saturated carbocycles. The first kappa shape index (κ1) is 13.7. The predicted octanol–water partition coefficient (Wildman–Crippen LogP) is 0.498. The second-order valence-electron chi connectivity index (χ2n) is 3.16. The molecule has 1 aliphatic rings. The fourth-order valence-corrected chi connectivity index (χ4v) is 1.51. The molecule has 1 aliphatic heterocycles. The molecule has 14 heavy (non-hydrogen) atoms. The molecule has 2 heterocycles. The van der Waals surface area contributed by atoms with Crippen molar-refractivity contribution in [3.63, 3.8) is 0 Å². The number of nitrogens with zero attached hydrogens (tertiary/aromatic N) is 2. The van der Waals surface area contributed by atoms with Gasteiger partial charge in [-0.25, -0.2) is 0 Å². The Hall–Kier alpha value is -0.290. The first-order chi connectivity index (χ1) is 5.86. The Morgan fingerprint density at radius 2 is 2.21 bits per heavy atom. The molecule has 1 aromatic rings. The van der Waals surface area contributed by atoms with Crippen molar-refractivity contribution in [2.75, 3.05) is 19.6 Å². The molecule has 1 aromatic heterocycles. The van der Waals surface area contributed by atoms with E-state index in [9.17, 15) is 0 Å². The third-order valence-electron chi connectivity index (χ3n) is 2.17. The van der Waals surface area contributed by atoms with Gasteiger partial charge in [0, 0.05) is 44.5 Å². The van der Waals surface area contributed by atoms with Crippen molar-refractivity contribution < 1.29 is 0 Å². The van der Waals surface area contributed by atoms with Crippen LogP contribution in [-0.2, 0) is 7.05 Å². The summed E-state index contributed by atoms with van der Waals surface area (Å²) in [6.07, 6.45) is 3.98. The van der Waals surface area contributed by atoms with Crippen molar-refractivity contribution in [3.05, 3.63) is 18.0 Å². The number of rotatable bonds is 1. The molecule has 4 nitrogen and oxygen atoms in total. The number of halogens is 2. The topological polar surface area (TPSA) is 41.9 Å². The van der Waals surface area contributed by atoms with E-state index in [2.05, 4.69) is 21.9 Å². The van der Waals surface area contributed by atoms with Gasteiger partial charge in [-0.1, -0.05) is 0 Å². The lowest BCUT2D eigenvalue weighted by atomic mass is 10.1. The second-order valence-corrected chi connectivity index (χ2v) is 3.16. The van der Waals surface area contributed by atoms with E-state index in [0.717, 1.165) is 19.6 Å². The summed E-state index contributed by atoms with van der Waals surface area (Å²) in [6.45, 7) is 3.11. The fourth-order valence-electron chi connectivity index (χ4n) is 1.51. The molecule has 0 aliphatic carbocycles. The van der Waals surface area contributed by atoms with Crippen LogP contribution in [0.25, 0.3) is 0 Å². The zero-order chi connectivity index (χ0) is 8.39. The molecule has 0 spiro atoms. The zero-order valence-corrected chi connectivity index (χ0v) is 9.70. The smallest absolute Gasteiger partial charge is 0.0538 e. The standard InChI is InChI=1S/C8H14N4.2ClH/c1-12-6-7(4-11-12)8-5-9-2-3-10-8;;/h4,6,8-10H,2-3,5H2,1H3;2*1H. The third-order valence-corrected chi connectivity index (χ3v) is 2.17. The van der Waals surface area contributed by atoms with Crippen molar-refractivity contribution in [1.29, 1.82) is 0 Å². The van der Waals surface area contributed by atoms with Gasteiger partial charge in [0.1, 0.15) is 0 Å². The average Bonchev–Trinajstić information content (AvgIpc) is 2.54. The third kappa shape index (κ3) is 3.13. The molecule has 1 atom stereocenters.